The van der Waals surface area contributed by atoms with Crippen LogP contribution < -0.4 is 10.5 Å². The summed E-state index contributed by atoms with van der Waals surface area (Å²) in [7, 11) is 0. The first-order chi connectivity index (χ1) is 8.97. The van der Waals surface area contributed by atoms with Crippen LogP contribution in [0.3, 0.4) is 0 Å². The summed E-state index contributed by atoms with van der Waals surface area (Å²) in [4.78, 5) is 0. The van der Waals surface area contributed by atoms with E-state index in [1.807, 2.05) is 50.2 Å². The van der Waals surface area contributed by atoms with Crippen molar-refractivity contribution >= 4 is 27.5 Å². The van der Waals surface area contributed by atoms with Crippen LogP contribution in [0.25, 0.3) is 0 Å². The molecule has 0 unspecified atom stereocenters. The third-order valence-corrected chi connectivity index (χ3v) is 3.76. The van der Waals surface area contributed by atoms with Crippen LogP contribution in [0.1, 0.15) is 24.1 Å². The van der Waals surface area contributed by atoms with Crippen LogP contribution in [0.5, 0.6) is 11.5 Å². The van der Waals surface area contributed by atoms with Crippen LogP contribution in [0, 0.1) is 6.92 Å². The first-order valence-electron chi connectivity index (χ1n) is 5.96. The Morgan fingerprint density at radius 1 is 1.21 bits per heavy atom. The number of ether oxygens (including phenoxy) is 1. The van der Waals surface area contributed by atoms with Gasteiger partial charge in [0.2, 0.25) is 0 Å². The van der Waals surface area contributed by atoms with E-state index in [0.29, 0.717) is 10.8 Å². The highest BCUT2D eigenvalue weighted by Crippen LogP contribution is 2.33. The zero-order valence-electron chi connectivity index (χ0n) is 10.8. The molecule has 2 rings (SSSR count). The van der Waals surface area contributed by atoms with Crippen LogP contribution in [0.4, 0.5) is 0 Å². The van der Waals surface area contributed by atoms with Gasteiger partial charge in [-0.15, -0.1) is 0 Å². The monoisotopic (exact) mass is 339 g/mol. The number of hydrogen-bond acceptors (Lipinski definition) is 2. The summed E-state index contributed by atoms with van der Waals surface area (Å²) in [5, 5.41) is 0.604. The van der Waals surface area contributed by atoms with Gasteiger partial charge in [-0.1, -0.05) is 39.7 Å². The van der Waals surface area contributed by atoms with Gasteiger partial charge in [0.25, 0.3) is 0 Å². The number of halogens is 2. The van der Waals surface area contributed by atoms with Crippen LogP contribution in [-0.4, -0.2) is 0 Å². The number of aryl methyl sites for hydroxylation is 1. The van der Waals surface area contributed by atoms with Gasteiger partial charge in [-0.25, -0.2) is 0 Å². The molecule has 0 amide bonds. The molecule has 0 aromatic heterocycles. The average molecular weight is 341 g/mol. The van der Waals surface area contributed by atoms with Crippen molar-refractivity contribution in [2.75, 3.05) is 0 Å². The molecular formula is C15H15BrClNO. The first kappa shape index (κ1) is 14.4. The molecule has 2 nitrogen and oxygen atoms in total. The second-order valence-corrected chi connectivity index (χ2v) is 5.77. The largest absolute Gasteiger partial charge is 0.456 e. The van der Waals surface area contributed by atoms with Crippen LogP contribution >= 0.6 is 27.5 Å². The zero-order chi connectivity index (χ0) is 14.0. The summed E-state index contributed by atoms with van der Waals surface area (Å²) in [5.41, 5.74) is 8.01. The second kappa shape index (κ2) is 5.95. The Labute approximate surface area is 126 Å². The van der Waals surface area contributed by atoms with Gasteiger partial charge in [0.15, 0.2) is 0 Å². The normalized spacial score (nSPS) is 12.3. The van der Waals surface area contributed by atoms with Crippen molar-refractivity contribution in [3.05, 3.63) is 57.0 Å². The highest BCUT2D eigenvalue weighted by atomic mass is 79.9. The molecule has 100 valence electrons. The van der Waals surface area contributed by atoms with Gasteiger partial charge in [-0.05, 0) is 49.2 Å². The smallest absolute Gasteiger partial charge is 0.146 e. The lowest BCUT2D eigenvalue weighted by Gasteiger charge is -2.12. The van der Waals surface area contributed by atoms with Crippen molar-refractivity contribution in [1.29, 1.82) is 0 Å². The fraction of sp³-hybridized carbons (Fsp3) is 0.200. The van der Waals surface area contributed by atoms with Crippen molar-refractivity contribution in [1.82, 2.24) is 0 Å². The van der Waals surface area contributed by atoms with E-state index in [-0.39, 0.29) is 6.04 Å². The van der Waals surface area contributed by atoms with Gasteiger partial charge >= 0.3 is 0 Å². The van der Waals surface area contributed by atoms with E-state index in [1.165, 1.54) is 0 Å². The fourth-order valence-corrected chi connectivity index (χ4v) is 2.75. The molecule has 4 heteroatoms. The van der Waals surface area contributed by atoms with Crippen molar-refractivity contribution in [3.8, 4) is 11.5 Å². The molecule has 2 N–H and O–H groups in total. The highest BCUT2D eigenvalue weighted by molar-refractivity contribution is 9.10. The average Bonchev–Trinajstić information content (AvgIpc) is 2.32. The Kier molecular flexibility index (Phi) is 4.50. The summed E-state index contributed by atoms with van der Waals surface area (Å²) in [5.74, 6) is 1.37. The van der Waals surface area contributed by atoms with E-state index >= 15 is 0 Å². The van der Waals surface area contributed by atoms with Crippen LogP contribution in [-0.2, 0) is 0 Å². The number of benzene rings is 2. The minimum atomic E-state index is -0.0219. The number of hydrogen-bond donors (Lipinski definition) is 1. The van der Waals surface area contributed by atoms with E-state index < -0.39 is 0 Å². The molecule has 0 saturated carbocycles. The molecule has 0 fully saturated rings. The third-order valence-electron chi connectivity index (χ3n) is 2.78. The van der Waals surface area contributed by atoms with Gasteiger partial charge in [0, 0.05) is 10.5 Å². The Hall–Kier alpha value is -1.03. The molecule has 0 bridgehead atoms. The molecule has 0 aliphatic rings. The van der Waals surface area contributed by atoms with E-state index in [9.17, 15) is 0 Å². The van der Waals surface area contributed by atoms with Crippen molar-refractivity contribution < 1.29 is 4.74 Å². The third kappa shape index (κ3) is 3.50. The fourth-order valence-electron chi connectivity index (χ4n) is 1.76. The summed E-state index contributed by atoms with van der Waals surface area (Å²) >= 11 is 9.64. The molecule has 19 heavy (non-hydrogen) atoms. The van der Waals surface area contributed by atoms with Gasteiger partial charge in [-0.2, -0.15) is 0 Å². The summed E-state index contributed by atoms with van der Waals surface area (Å²) in [6.45, 7) is 3.93. The maximum absolute atomic E-state index is 6.14. The SMILES string of the molecule is Cc1ccc(Oc2ccc([C@H](C)N)c(Br)c2)c(Cl)c1. The molecule has 0 radical (unpaired) electrons. The predicted molar refractivity (Wildman–Crippen MR) is 83.0 cm³/mol. The van der Waals surface area contributed by atoms with E-state index in [0.717, 1.165) is 21.3 Å². The lowest BCUT2D eigenvalue weighted by atomic mass is 10.1. The van der Waals surface area contributed by atoms with Crippen molar-refractivity contribution in [2.24, 2.45) is 5.73 Å². The number of rotatable bonds is 3. The molecule has 0 spiro atoms. The second-order valence-electron chi connectivity index (χ2n) is 4.51. The van der Waals surface area contributed by atoms with E-state index in [4.69, 9.17) is 22.1 Å². The molecule has 0 aliphatic carbocycles. The Morgan fingerprint density at radius 3 is 2.53 bits per heavy atom. The quantitative estimate of drug-likeness (QED) is 0.831. The molecule has 0 aliphatic heterocycles. The predicted octanol–water partition coefficient (Wildman–Crippen LogP) is 5.22. The zero-order valence-corrected chi connectivity index (χ0v) is 13.1. The minimum absolute atomic E-state index is 0.0219. The molecule has 1 atom stereocenters. The molecule has 2 aromatic carbocycles. The number of nitrogens with two attached hydrogens (primary N) is 1. The molecular weight excluding hydrogens is 326 g/mol. The lowest BCUT2D eigenvalue weighted by molar-refractivity contribution is 0.482. The van der Waals surface area contributed by atoms with E-state index in [2.05, 4.69) is 15.9 Å². The maximum Gasteiger partial charge on any atom is 0.146 e. The minimum Gasteiger partial charge on any atom is -0.456 e. The van der Waals surface area contributed by atoms with Crippen molar-refractivity contribution in [3.63, 3.8) is 0 Å². The molecule has 0 saturated heterocycles. The standard InChI is InChI=1S/C15H15BrClNO/c1-9-3-6-15(14(17)7-9)19-11-4-5-12(10(2)18)13(16)8-11/h3-8,10H,18H2,1-2H3/t10-/m0/s1. The van der Waals surface area contributed by atoms with Gasteiger partial charge in [0.1, 0.15) is 11.5 Å². The Balaban J connectivity index is 2.26. The summed E-state index contributed by atoms with van der Waals surface area (Å²) in [6, 6.07) is 11.4. The first-order valence-corrected chi connectivity index (χ1v) is 7.13. The van der Waals surface area contributed by atoms with Gasteiger partial charge in [0.05, 0.1) is 5.02 Å². The Bertz CT molecular complexity index is 599. The van der Waals surface area contributed by atoms with Crippen LogP contribution in [0.15, 0.2) is 40.9 Å². The van der Waals surface area contributed by atoms with Gasteiger partial charge < -0.3 is 10.5 Å². The lowest BCUT2D eigenvalue weighted by Crippen LogP contribution is -2.05. The van der Waals surface area contributed by atoms with Gasteiger partial charge in [-0.3, -0.25) is 0 Å². The topological polar surface area (TPSA) is 35.2 Å². The van der Waals surface area contributed by atoms with Crippen molar-refractivity contribution in [2.45, 2.75) is 19.9 Å². The highest BCUT2D eigenvalue weighted by Gasteiger charge is 2.08. The summed E-state index contributed by atoms with van der Waals surface area (Å²) in [6.07, 6.45) is 0. The maximum atomic E-state index is 6.14. The molecule has 2 aromatic rings. The van der Waals surface area contributed by atoms with Crippen LogP contribution in [0.2, 0.25) is 5.02 Å². The molecule has 0 heterocycles. The van der Waals surface area contributed by atoms with E-state index in [1.54, 1.807) is 0 Å². The summed E-state index contributed by atoms with van der Waals surface area (Å²) < 4.78 is 6.71. The Morgan fingerprint density at radius 2 is 1.95 bits per heavy atom.